The second-order valence-electron chi connectivity index (χ2n) is 2.01. The van der Waals surface area contributed by atoms with E-state index in [9.17, 15) is 0 Å². The van der Waals surface area contributed by atoms with Crippen molar-refractivity contribution in [1.29, 1.82) is 0 Å². The summed E-state index contributed by atoms with van der Waals surface area (Å²) in [7, 11) is -0.737. The minimum Gasteiger partial charge on any atom is -0.391 e. The molecule has 0 atom stereocenters. The van der Waals surface area contributed by atoms with E-state index >= 15 is 0 Å². The van der Waals surface area contributed by atoms with Gasteiger partial charge in [0.15, 0.2) is 0 Å². The second kappa shape index (κ2) is 5.50. The third kappa shape index (κ3) is 2.85. The van der Waals surface area contributed by atoms with E-state index < -0.39 is 8.32 Å². The van der Waals surface area contributed by atoms with Crippen molar-refractivity contribution in [2.75, 3.05) is 7.11 Å². The quantitative estimate of drug-likeness (QED) is 0.432. The maximum atomic E-state index is 5.28. The Labute approximate surface area is 75.6 Å². The fourth-order valence-corrected chi connectivity index (χ4v) is 2.32. The molecule has 0 rings (SSSR count). The van der Waals surface area contributed by atoms with Crippen molar-refractivity contribution in [1.82, 2.24) is 0 Å². The van der Waals surface area contributed by atoms with Gasteiger partial charge < -0.3 is 4.43 Å². The Morgan fingerprint density at radius 1 is 0.833 bits per heavy atom. The molecule has 12 heavy (non-hydrogen) atoms. The molecule has 0 heterocycles. The second-order valence-corrected chi connectivity index (χ2v) is 4.53. The van der Waals surface area contributed by atoms with Gasteiger partial charge in [0.2, 0.25) is 0 Å². The molecule has 0 aromatic heterocycles. The summed E-state index contributed by atoms with van der Waals surface area (Å²) in [5.41, 5.74) is 8.90. The lowest BCUT2D eigenvalue weighted by Crippen LogP contribution is -2.33. The van der Waals surface area contributed by atoms with Gasteiger partial charge in [0.05, 0.1) is 0 Å². The molecule has 1 nitrogen and oxygen atoms in total. The summed E-state index contributed by atoms with van der Waals surface area (Å²) in [6, 6.07) is 0. The number of hydrogen-bond acceptors (Lipinski definition) is 1. The van der Waals surface area contributed by atoms with Crippen LogP contribution < -0.4 is 0 Å². The predicted molar refractivity (Wildman–Crippen MR) is 53.1 cm³/mol. The fourth-order valence-electron chi connectivity index (χ4n) is 0.775. The highest BCUT2D eigenvalue weighted by atomic mass is 28.4. The molecule has 0 aliphatic heterocycles. The van der Waals surface area contributed by atoms with Gasteiger partial charge >= 0.3 is 8.32 Å². The highest BCUT2D eigenvalue weighted by Gasteiger charge is 2.27. The molecule has 0 spiro atoms. The Balaban J connectivity index is 5.02. The molecule has 2 heteroatoms. The van der Waals surface area contributed by atoms with Gasteiger partial charge in [-0.3, -0.25) is 0 Å². The standard InChI is InChI=1S/C10H12OSi/c1-5-8-12(11-4,9-6-2)10-7-3/h1-4H3. The van der Waals surface area contributed by atoms with E-state index in [1.165, 1.54) is 0 Å². The minimum absolute atomic E-state index is 1.62. The number of hydrogen-bond donors (Lipinski definition) is 0. The summed E-state index contributed by atoms with van der Waals surface area (Å²) in [6.07, 6.45) is 0. The van der Waals surface area contributed by atoms with Crippen LogP contribution in [-0.4, -0.2) is 15.4 Å². The molecule has 0 bridgehead atoms. The zero-order valence-electron chi connectivity index (χ0n) is 7.91. The molecule has 0 saturated heterocycles. The van der Waals surface area contributed by atoms with Crippen molar-refractivity contribution in [3.63, 3.8) is 0 Å². The summed E-state index contributed by atoms with van der Waals surface area (Å²) in [5.74, 6) is 8.43. The first-order chi connectivity index (χ1) is 5.74. The monoisotopic (exact) mass is 176 g/mol. The van der Waals surface area contributed by atoms with E-state index in [0.29, 0.717) is 0 Å². The summed E-state index contributed by atoms with van der Waals surface area (Å²) in [5, 5.41) is 0. The molecule has 0 aromatic rings. The Morgan fingerprint density at radius 2 is 1.17 bits per heavy atom. The predicted octanol–water partition coefficient (Wildman–Crippen LogP) is 1.27. The zero-order valence-corrected chi connectivity index (χ0v) is 8.91. The Hall–Kier alpha value is -1.14. The van der Waals surface area contributed by atoms with E-state index in [-0.39, 0.29) is 0 Å². The van der Waals surface area contributed by atoms with Crippen LogP contribution >= 0.6 is 0 Å². The number of rotatable bonds is 1. The average molecular weight is 176 g/mol. The SMILES string of the molecule is CC#C[Si](C#CC)(C#CC)OC. The van der Waals surface area contributed by atoms with Crippen LogP contribution in [0.2, 0.25) is 0 Å². The van der Waals surface area contributed by atoms with E-state index in [1.54, 1.807) is 27.9 Å². The van der Waals surface area contributed by atoms with Crippen molar-refractivity contribution < 1.29 is 4.43 Å². The summed E-state index contributed by atoms with van der Waals surface area (Å²) in [4.78, 5) is 0. The Bertz CT molecular complexity index is 261. The van der Waals surface area contributed by atoms with Crippen LogP contribution in [-0.2, 0) is 4.43 Å². The molecule has 62 valence electrons. The molecule has 0 aliphatic rings. The fraction of sp³-hybridized carbons (Fsp3) is 0.400. The van der Waals surface area contributed by atoms with Gasteiger partial charge in [-0.25, -0.2) is 0 Å². The van der Waals surface area contributed by atoms with Gasteiger partial charge in [-0.2, -0.15) is 0 Å². The van der Waals surface area contributed by atoms with E-state index in [0.717, 1.165) is 0 Å². The first-order valence-electron chi connectivity index (χ1n) is 3.61. The van der Waals surface area contributed by atoms with Crippen LogP contribution in [0, 0.1) is 34.4 Å². The van der Waals surface area contributed by atoms with E-state index in [1.807, 2.05) is 0 Å². The summed E-state index contributed by atoms with van der Waals surface area (Å²) >= 11 is 0. The normalized spacial score (nSPS) is 8.00. The molecule has 0 N–H and O–H groups in total. The first kappa shape index (κ1) is 10.9. The van der Waals surface area contributed by atoms with Gasteiger partial charge in [0.1, 0.15) is 0 Å². The topological polar surface area (TPSA) is 9.23 Å². The van der Waals surface area contributed by atoms with Crippen molar-refractivity contribution in [2.24, 2.45) is 0 Å². The van der Waals surface area contributed by atoms with Crippen molar-refractivity contribution >= 4 is 8.32 Å². The Morgan fingerprint density at radius 3 is 1.33 bits per heavy atom. The third-order valence-electron chi connectivity index (χ3n) is 1.21. The van der Waals surface area contributed by atoms with E-state index in [2.05, 4.69) is 34.4 Å². The van der Waals surface area contributed by atoms with Crippen LogP contribution in [0.15, 0.2) is 0 Å². The molecule has 0 fully saturated rings. The van der Waals surface area contributed by atoms with Gasteiger partial charge in [0, 0.05) is 7.11 Å². The first-order valence-corrected chi connectivity index (χ1v) is 5.52. The summed E-state index contributed by atoms with van der Waals surface area (Å²) < 4.78 is 5.28. The zero-order chi connectivity index (χ0) is 9.45. The lowest BCUT2D eigenvalue weighted by atomic mass is 10.8. The molecule has 0 aromatic carbocycles. The summed E-state index contributed by atoms with van der Waals surface area (Å²) in [6.45, 7) is 5.32. The van der Waals surface area contributed by atoms with Crippen LogP contribution in [0.4, 0.5) is 0 Å². The van der Waals surface area contributed by atoms with Crippen LogP contribution in [0.5, 0.6) is 0 Å². The van der Waals surface area contributed by atoms with Crippen LogP contribution in [0.3, 0.4) is 0 Å². The van der Waals surface area contributed by atoms with Crippen LogP contribution in [0.25, 0.3) is 0 Å². The van der Waals surface area contributed by atoms with Gasteiger partial charge in [-0.1, -0.05) is 16.6 Å². The largest absolute Gasteiger partial charge is 0.436 e. The maximum absolute atomic E-state index is 5.28. The highest BCUT2D eigenvalue weighted by molar-refractivity contribution is 6.95. The van der Waals surface area contributed by atoms with Crippen molar-refractivity contribution in [3.8, 4) is 34.4 Å². The van der Waals surface area contributed by atoms with Gasteiger partial charge in [-0.05, 0) is 20.8 Å². The Kier molecular flexibility index (Phi) is 4.98. The molecular weight excluding hydrogens is 164 g/mol. The average Bonchev–Trinajstić information content (AvgIpc) is 2.06. The molecule has 0 aliphatic carbocycles. The smallest absolute Gasteiger partial charge is 0.391 e. The molecule has 0 unspecified atom stereocenters. The lowest BCUT2D eigenvalue weighted by Gasteiger charge is -2.08. The molecule has 0 saturated carbocycles. The van der Waals surface area contributed by atoms with Gasteiger partial charge in [-0.15, -0.1) is 17.8 Å². The lowest BCUT2D eigenvalue weighted by molar-refractivity contribution is 0.429. The molecule has 0 radical (unpaired) electrons. The van der Waals surface area contributed by atoms with Crippen molar-refractivity contribution in [3.05, 3.63) is 0 Å². The third-order valence-corrected chi connectivity index (χ3v) is 3.63. The highest BCUT2D eigenvalue weighted by Crippen LogP contribution is 1.98. The van der Waals surface area contributed by atoms with Gasteiger partial charge in [0.25, 0.3) is 0 Å². The van der Waals surface area contributed by atoms with E-state index in [4.69, 9.17) is 4.43 Å². The molecular formula is C10H12OSi. The maximum Gasteiger partial charge on any atom is 0.436 e. The molecule has 0 amide bonds. The minimum atomic E-state index is -2.35. The van der Waals surface area contributed by atoms with Crippen molar-refractivity contribution in [2.45, 2.75) is 20.8 Å². The van der Waals surface area contributed by atoms with Crippen LogP contribution in [0.1, 0.15) is 20.8 Å².